The minimum Gasteiger partial charge on any atom is -0.478 e. The Labute approximate surface area is 243 Å². The van der Waals surface area contributed by atoms with Gasteiger partial charge < -0.3 is 5.11 Å². The smallest absolute Gasteiger partial charge is 0.335 e. The number of hydrogen-bond acceptors (Lipinski definition) is 6. The molecule has 1 fully saturated rings. The molecule has 1 unspecified atom stereocenters. The second-order valence-corrected chi connectivity index (χ2v) is 16.2. The predicted octanol–water partition coefficient (Wildman–Crippen LogP) is 10.0. The summed E-state index contributed by atoms with van der Waals surface area (Å²) in [5.41, 5.74) is 0.873. The zero-order chi connectivity index (χ0) is 26.8. The maximum absolute atomic E-state index is 13.3. The second kappa shape index (κ2) is 19.8. The van der Waals surface area contributed by atoms with E-state index in [1.807, 2.05) is 11.8 Å². The highest BCUT2D eigenvalue weighted by Crippen LogP contribution is 2.53. The first-order valence-electron chi connectivity index (χ1n) is 14.4. The monoisotopic (exact) mass is 584 g/mol. The first-order chi connectivity index (χ1) is 18.0. The van der Waals surface area contributed by atoms with E-state index in [4.69, 9.17) is 0 Å². The molecule has 0 aromatic heterocycles. The molecular weight excluding hydrogens is 537 g/mol. The van der Waals surface area contributed by atoms with Gasteiger partial charge in [0.05, 0.1) is 10.8 Å². The third kappa shape index (κ3) is 13.1. The molecule has 2 rings (SSSR count). The van der Waals surface area contributed by atoms with Crippen LogP contribution in [0.5, 0.6) is 0 Å². The summed E-state index contributed by atoms with van der Waals surface area (Å²) in [5, 5.41) is 9.14. The van der Waals surface area contributed by atoms with Crippen LogP contribution in [0.4, 0.5) is 0 Å². The maximum atomic E-state index is 13.3. The number of Topliss-reactive ketones (excluding diaryl/α,β-unsaturated/α-hetero) is 1. The van der Waals surface area contributed by atoms with Crippen LogP contribution in [0.2, 0.25) is 0 Å². The van der Waals surface area contributed by atoms with Crippen LogP contribution in [0.3, 0.4) is 0 Å². The van der Waals surface area contributed by atoms with Gasteiger partial charge in [-0.2, -0.15) is 11.8 Å². The summed E-state index contributed by atoms with van der Waals surface area (Å²) in [6, 6.07) is 6.48. The molecule has 0 saturated carbocycles. The summed E-state index contributed by atoms with van der Waals surface area (Å²) in [4.78, 5) is 24.5. The number of benzene rings is 1. The van der Waals surface area contributed by atoms with Gasteiger partial charge in [0, 0.05) is 5.56 Å². The van der Waals surface area contributed by atoms with E-state index in [9.17, 15) is 14.7 Å². The van der Waals surface area contributed by atoms with Gasteiger partial charge >= 0.3 is 5.97 Å². The fraction of sp³-hybridized carbons (Fsp3) is 0.733. The molecule has 1 saturated heterocycles. The maximum Gasteiger partial charge on any atom is 0.335 e. The van der Waals surface area contributed by atoms with Crippen LogP contribution >= 0.6 is 47.0 Å². The molecule has 1 aromatic carbocycles. The summed E-state index contributed by atoms with van der Waals surface area (Å²) in [6.07, 6.45) is 17.4. The molecule has 1 aromatic rings. The number of carboxylic acid groups (broad SMARTS) is 1. The Morgan fingerprint density at radius 1 is 0.838 bits per heavy atom. The molecule has 0 aliphatic carbocycles. The van der Waals surface area contributed by atoms with E-state index >= 15 is 0 Å². The zero-order valence-electron chi connectivity index (χ0n) is 23.0. The van der Waals surface area contributed by atoms with Crippen molar-refractivity contribution in [2.45, 2.75) is 112 Å². The van der Waals surface area contributed by atoms with Crippen molar-refractivity contribution in [3.8, 4) is 0 Å². The van der Waals surface area contributed by atoms with Crippen molar-refractivity contribution in [2.24, 2.45) is 0 Å². The molecule has 0 radical (unpaired) electrons. The number of carboxylic acids is 1. The molecule has 0 amide bonds. The third-order valence-corrected chi connectivity index (χ3v) is 13.6. The highest BCUT2D eigenvalue weighted by atomic mass is 32.3. The Morgan fingerprint density at radius 2 is 1.43 bits per heavy atom. The van der Waals surface area contributed by atoms with Gasteiger partial charge in [-0.05, 0) is 60.8 Å². The normalized spacial score (nSPS) is 15.9. The van der Waals surface area contributed by atoms with Gasteiger partial charge in [-0.15, -0.1) is 35.3 Å². The van der Waals surface area contributed by atoms with E-state index in [0.29, 0.717) is 8.97 Å². The minimum absolute atomic E-state index is 0.0340. The number of thioether (sulfide) groups is 4. The molecule has 1 heterocycles. The fourth-order valence-corrected chi connectivity index (χ4v) is 11.2. The van der Waals surface area contributed by atoms with E-state index in [0.717, 1.165) is 30.8 Å². The van der Waals surface area contributed by atoms with Gasteiger partial charge in [0.2, 0.25) is 0 Å². The lowest BCUT2D eigenvalue weighted by Crippen LogP contribution is -2.22. The standard InChI is InChI=1S/C30H48O3S4/c1-3-5-7-9-11-15-27(28(31)25-16-18-26(19-17-25)29(32)33)34-21-13-22-35-30(36-23-14-24-37-30)20-12-10-8-6-4-2/h16-19,27H,3-15,20-24H2,1-2H3,(H,32,33). The van der Waals surface area contributed by atoms with Crippen LogP contribution < -0.4 is 0 Å². The van der Waals surface area contributed by atoms with Crippen molar-refractivity contribution in [1.29, 1.82) is 0 Å². The van der Waals surface area contributed by atoms with Crippen molar-refractivity contribution in [3.63, 3.8) is 0 Å². The van der Waals surface area contributed by atoms with Crippen LogP contribution in [-0.2, 0) is 0 Å². The van der Waals surface area contributed by atoms with Crippen LogP contribution in [0.25, 0.3) is 0 Å². The molecule has 0 spiro atoms. The Balaban J connectivity index is 1.85. The molecule has 3 nitrogen and oxygen atoms in total. The Hall–Kier alpha value is -0.240. The van der Waals surface area contributed by atoms with Crippen molar-refractivity contribution < 1.29 is 14.7 Å². The lowest BCUT2D eigenvalue weighted by atomic mass is 10.0. The summed E-state index contributed by atoms with van der Waals surface area (Å²) >= 11 is 8.36. The average Bonchev–Trinajstić information content (AvgIpc) is 2.91. The second-order valence-electron chi connectivity index (χ2n) is 9.91. The van der Waals surface area contributed by atoms with Crippen molar-refractivity contribution in [1.82, 2.24) is 0 Å². The minimum atomic E-state index is -0.952. The molecule has 1 aliphatic rings. The Kier molecular flexibility index (Phi) is 17.6. The fourth-order valence-electron chi connectivity index (χ4n) is 4.50. The quantitative estimate of drug-likeness (QED) is 0.114. The topological polar surface area (TPSA) is 54.4 Å². The predicted molar refractivity (Wildman–Crippen MR) is 170 cm³/mol. The SMILES string of the molecule is CCCCCCCC(SCCCSC1(CCCCCCC)SCCCS1)C(=O)c1ccc(C(=O)O)cc1. The first-order valence-corrected chi connectivity index (χ1v) is 18.4. The highest BCUT2D eigenvalue weighted by molar-refractivity contribution is 8.34. The van der Waals surface area contributed by atoms with E-state index < -0.39 is 5.97 Å². The van der Waals surface area contributed by atoms with Gasteiger partial charge in [-0.25, -0.2) is 4.79 Å². The number of carbonyl (C=O) groups excluding carboxylic acids is 1. The molecule has 1 atom stereocenters. The number of aromatic carboxylic acids is 1. The lowest BCUT2D eigenvalue weighted by Gasteiger charge is -2.35. The van der Waals surface area contributed by atoms with Gasteiger partial charge in [-0.1, -0.05) is 90.2 Å². The van der Waals surface area contributed by atoms with Crippen molar-refractivity contribution in [3.05, 3.63) is 35.4 Å². The van der Waals surface area contributed by atoms with Gasteiger partial charge in [0.25, 0.3) is 0 Å². The molecule has 1 N–H and O–H groups in total. The molecule has 0 bridgehead atoms. The first kappa shape index (κ1) is 33.0. The molecule has 37 heavy (non-hydrogen) atoms. The van der Waals surface area contributed by atoms with Crippen LogP contribution in [0.15, 0.2) is 24.3 Å². The summed E-state index contributed by atoms with van der Waals surface area (Å²) < 4.78 is 0.343. The highest BCUT2D eigenvalue weighted by Gasteiger charge is 2.33. The van der Waals surface area contributed by atoms with E-state index in [1.165, 1.54) is 82.1 Å². The third-order valence-electron chi connectivity index (χ3n) is 6.73. The summed E-state index contributed by atoms with van der Waals surface area (Å²) in [6.45, 7) is 4.50. The Morgan fingerprint density at radius 3 is 2.05 bits per heavy atom. The lowest BCUT2D eigenvalue weighted by molar-refractivity contribution is 0.0696. The van der Waals surface area contributed by atoms with E-state index in [1.54, 1.807) is 24.3 Å². The van der Waals surface area contributed by atoms with E-state index in [2.05, 4.69) is 49.1 Å². The van der Waals surface area contributed by atoms with Crippen molar-refractivity contribution >= 4 is 58.8 Å². The average molecular weight is 585 g/mol. The number of rotatable bonds is 21. The largest absolute Gasteiger partial charge is 0.478 e. The summed E-state index contributed by atoms with van der Waals surface area (Å²) in [5.74, 6) is 3.96. The van der Waals surface area contributed by atoms with Crippen molar-refractivity contribution in [2.75, 3.05) is 23.0 Å². The van der Waals surface area contributed by atoms with E-state index in [-0.39, 0.29) is 16.6 Å². The number of unbranched alkanes of at least 4 members (excludes halogenated alkanes) is 8. The van der Waals surface area contributed by atoms with Crippen LogP contribution in [-0.4, -0.2) is 48.5 Å². The number of carbonyl (C=O) groups is 2. The molecule has 1 aliphatic heterocycles. The molecule has 7 heteroatoms. The van der Waals surface area contributed by atoms with Gasteiger partial charge in [0.15, 0.2) is 5.78 Å². The molecular formula is C30H48O3S4. The molecule has 210 valence electrons. The van der Waals surface area contributed by atoms with Gasteiger partial charge in [0.1, 0.15) is 3.41 Å². The van der Waals surface area contributed by atoms with Crippen LogP contribution in [0, 0.1) is 0 Å². The summed E-state index contributed by atoms with van der Waals surface area (Å²) in [7, 11) is 0. The number of hydrogen-bond donors (Lipinski definition) is 1. The van der Waals surface area contributed by atoms with Crippen LogP contribution in [0.1, 0.15) is 124 Å². The number of ketones is 1. The Bertz CT molecular complexity index is 763. The van der Waals surface area contributed by atoms with Gasteiger partial charge in [-0.3, -0.25) is 4.79 Å². The zero-order valence-corrected chi connectivity index (χ0v) is 26.3.